The summed E-state index contributed by atoms with van der Waals surface area (Å²) in [7, 11) is 1.85. The molecule has 0 radical (unpaired) electrons. The number of aromatic nitrogens is 1. The number of nitrogens with zero attached hydrogens (tertiary/aromatic N) is 2. The van der Waals surface area contributed by atoms with Crippen LogP contribution >= 0.6 is 11.6 Å². The molecule has 1 aliphatic carbocycles. The van der Waals surface area contributed by atoms with Crippen molar-refractivity contribution in [1.29, 1.82) is 0 Å². The Morgan fingerprint density at radius 2 is 2.33 bits per heavy atom. The van der Waals surface area contributed by atoms with Crippen molar-refractivity contribution < 1.29 is 4.79 Å². The average Bonchev–Trinajstić information content (AvgIpc) is 2.28. The van der Waals surface area contributed by atoms with E-state index < -0.39 is 0 Å². The van der Waals surface area contributed by atoms with Gasteiger partial charge in [0.15, 0.2) is 0 Å². The van der Waals surface area contributed by atoms with Crippen molar-refractivity contribution in [3.05, 3.63) is 22.8 Å². The van der Waals surface area contributed by atoms with E-state index in [-0.39, 0.29) is 5.91 Å². The van der Waals surface area contributed by atoms with Crippen LogP contribution in [0.3, 0.4) is 0 Å². The molecular formula is C13H18ClN3O. The van der Waals surface area contributed by atoms with Crippen LogP contribution in [0.15, 0.2) is 12.3 Å². The molecule has 0 spiro atoms. The van der Waals surface area contributed by atoms with Gasteiger partial charge < -0.3 is 10.2 Å². The average molecular weight is 268 g/mol. The number of hydrogen-bond donors (Lipinski definition) is 1. The molecule has 4 nitrogen and oxygen atoms in total. The van der Waals surface area contributed by atoms with Crippen LogP contribution in [0.25, 0.3) is 0 Å². The summed E-state index contributed by atoms with van der Waals surface area (Å²) in [6.45, 7) is 2.73. The van der Waals surface area contributed by atoms with Crippen molar-refractivity contribution in [2.75, 3.05) is 18.9 Å². The van der Waals surface area contributed by atoms with E-state index in [1.165, 1.54) is 6.42 Å². The Bertz CT molecular complexity index is 446. The van der Waals surface area contributed by atoms with Gasteiger partial charge in [-0.15, -0.1) is 0 Å². The van der Waals surface area contributed by atoms with Crippen molar-refractivity contribution in [3.63, 3.8) is 0 Å². The van der Waals surface area contributed by atoms with Gasteiger partial charge in [0.25, 0.3) is 5.91 Å². The number of pyridine rings is 1. The van der Waals surface area contributed by atoms with Crippen molar-refractivity contribution in [2.24, 2.45) is 0 Å². The van der Waals surface area contributed by atoms with Gasteiger partial charge in [0, 0.05) is 25.8 Å². The summed E-state index contributed by atoms with van der Waals surface area (Å²) in [5, 5.41) is 3.54. The second-order valence-electron chi connectivity index (χ2n) is 4.59. The monoisotopic (exact) mass is 267 g/mol. The first-order chi connectivity index (χ1) is 8.63. The molecule has 0 bridgehead atoms. The minimum atomic E-state index is -0.00264. The SMILES string of the molecule is CCNc1ncc(C(=O)N(C)C2CCC2)cc1Cl. The van der Waals surface area contributed by atoms with Gasteiger partial charge in [0.2, 0.25) is 0 Å². The van der Waals surface area contributed by atoms with Gasteiger partial charge in [-0.3, -0.25) is 4.79 Å². The third kappa shape index (κ3) is 2.58. The van der Waals surface area contributed by atoms with Crippen molar-refractivity contribution in [3.8, 4) is 0 Å². The molecule has 1 saturated carbocycles. The number of halogens is 1. The number of amides is 1. The highest BCUT2D eigenvalue weighted by atomic mass is 35.5. The highest BCUT2D eigenvalue weighted by Crippen LogP contribution is 2.26. The van der Waals surface area contributed by atoms with Gasteiger partial charge in [0.1, 0.15) is 5.82 Å². The highest BCUT2D eigenvalue weighted by molar-refractivity contribution is 6.33. The molecule has 1 amide bonds. The highest BCUT2D eigenvalue weighted by Gasteiger charge is 2.26. The van der Waals surface area contributed by atoms with E-state index in [1.54, 1.807) is 17.2 Å². The van der Waals surface area contributed by atoms with E-state index in [0.29, 0.717) is 22.4 Å². The molecule has 5 heteroatoms. The second kappa shape index (κ2) is 5.57. The van der Waals surface area contributed by atoms with E-state index in [0.717, 1.165) is 19.4 Å². The van der Waals surface area contributed by atoms with E-state index in [4.69, 9.17) is 11.6 Å². The molecule has 18 heavy (non-hydrogen) atoms. The molecule has 0 aliphatic heterocycles. The molecule has 1 heterocycles. The fourth-order valence-electron chi connectivity index (χ4n) is 2.00. The van der Waals surface area contributed by atoms with Gasteiger partial charge in [-0.05, 0) is 32.3 Å². The summed E-state index contributed by atoms with van der Waals surface area (Å²) in [5.74, 6) is 0.624. The fourth-order valence-corrected chi connectivity index (χ4v) is 2.23. The number of anilines is 1. The van der Waals surface area contributed by atoms with Gasteiger partial charge >= 0.3 is 0 Å². The minimum Gasteiger partial charge on any atom is -0.369 e. The third-order valence-electron chi connectivity index (χ3n) is 3.38. The second-order valence-corrected chi connectivity index (χ2v) is 4.99. The van der Waals surface area contributed by atoms with E-state index >= 15 is 0 Å². The zero-order valence-electron chi connectivity index (χ0n) is 10.7. The van der Waals surface area contributed by atoms with Crippen LogP contribution in [0.1, 0.15) is 36.5 Å². The lowest BCUT2D eigenvalue weighted by Gasteiger charge is -2.34. The smallest absolute Gasteiger partial charge is 0.255 e. The van der Waals surface area contributed by atoms with E-state index in [1.807, 2.05) is 14.0 Å². The topological polar surface area (TPSA) is 45.2 Å². The summed E-state index contributed by atoms with van der Waals surface area (Å²) in [6, 6.07) is 2.06. The van der Waals surface area contributed by atoms with Gasteiger partial charge in [-0.1, -0.05) is 11.6 Å². The van der Waals surface area contributed by atoms with E-state index in [2.05, 4.69) is 10.3 Å². The summed E-state index contributed by atoms with van der Waals surface area (Å²) >= 11 is 6.09. The summed E-state index contributed by atoms with van der Waals surface area (Å²) in [5.41, 5.74) is 0.552. The Hall–Kier alpha value is -1.29. The Balaban J connectivity index is 2.12. The Morgan fingerprint density at radius 1 is 1.61 bits per heavy atom. The molecule has 98 valence electrons. The van der Waals surface area contributed by atoms with Crippen LogP contribution in [0.2, 0.25) is 5.02 Å². The molecule has 0 unspecified atom stereocenters. The molecule has 1 N–H and O–H groups in total. The number of carbonyl (C=O) groups is 1. The zero-order valence-corrected chi connectivity index (χ0v) is 11.5. The van der Waals surface area contributed by atoms with Crippen molar-refractivity contribution >= 4 is 23.3 Å². The molecule has 1 aliphatic rings. The quantitative estimate of drug-likeness (QED) is 0.912. The van der Waals surface area contributed by atoms with Crippen molar-refractivity contribution in [2.45, 2.75) is 32.2 Å². The maximum Gasteiger partial charge on any atom is 0.255 e. The maximum absolute atomic E-state index is 12.2. The minimum absolute atomic E-state index is 0.00264. The molecule has 1 aromatic heterocycles. The number of rotatable bonds is 4. The summed E-state index contributed by atoms with van der Waals surface area (Å²) < 4.78 is 0. The molecular weight excluding hydrogens is 250 g/mol. The van der Waals surface area contributed by atoms with Crippen LogP contribution in [0.5, 0.6) is 0 Å². The lowest BCUT2D eigenvalue weighted by atomic mass is 9.91. The first kappa shape index (κ1) is 13.1. The largest absolute Gasteiger partial charge is 0.369 e. The first-order valence-electron chi connectivity index (χ1n) is 6.30. The lowest BCUT2D eigenvalue weighted by molar-refractivity contribution is 0.0651. The first-order valence-corrected chi connectivity index (χ1v) is 6.68. The molecule has 1 aromatic rings. The Morgan fingerprint density at radius 3 is 2.83 bits per heavy atom. The molecule has 2 rings (SSSR count). The van der Waals surface area contributed by atoms with Gasteiger partial charge in [0.05, 0.1) is 10.6 Å². The maximum atomic E-state index is 12.2. The molecule has 0 aromatic carbocycles. The lowest BCUT2D eigenvalue weighted by Crippen LogP contribution is -2.41. The normalized spacial score (nSPS) is 15.1. The van der Waals surface area contributed by atoms with Crippen LogP contribution in [0.4, 0.5) is 5.82 Å². The zero-order chi connectivity index (χ0) is 13.1. The molecule has 0 saturated heterocycles. The predicted molar refractivity (Wildman–Crippen MR) is 73.1 cm³/mol. The predicted octanol–water partition coefficient (Wildman–Crippen LogP) is 2.79. The number of carbonyl (C=O) groups excluding carboxylic acids is 1. The Labute approximate surface area is 112 Å². The van der Waals surface area contributed by atoms with Gasteiger partial charge in [-0.25, -0.2) is 4.98 Å². The van der Waals surface area contributed by atoms with Crippen LogP contribution < -0.4 is 5.32 Å². The van der Waals surface area contributed by atoms with Crippen LogP contribution in [0, 0.1) is 0 Å². The van der Waals surface area contributed by atoms with Crippen LogP contribution in [-0.4, -0.2) is 35.4 Å². The number of hydrogen-bond acceptors (Lipinski definition) is 3. The van der Waals surface area contributed by atoms with Crippen LogP contribution in [-0.2, 0) is 0 Å². The van der Waals surface area contributed by atoms with E-state index in [9.17, 15) is 4.79 Å². The fraction of sp³-hybridized carbons (Fsp3) is 0.538. The standard InChI is InChI=1S/C13H18ClN3O/c1-3-15-12-11(14)7-9(8-16-12)13(18)17(2)10-5-4-6-10/h7-8,10H,3-6H2,1-2H3,(H,15,16). The molecule has 0 atom stereocenters. The summed E-state index contributed by atoms with van der Waals surface area (Å²) in [6.07, 6.45) is 4.99. The molecule has 1 fully saturated rings. The summed E-state index contributed by atoms with van der Waals surface area (Å²) in [4.78, 5) is 18.2. The van der Waals surface area contributed by atoms with Gasteiger partial charge in [-0.2, -0.15) is 0 Å². The number of nitrogens with one attached hydrogen (secondary N) is 1. The Kier molecular flexibility index (Phi) is 4.07. The van der Waals surface area contributed by atoms with Crippen molar-refractivity contribution in [1.82, 2.24) is 9.88 Å². The third-order valence-corrected chi connectivity index (χ3v) is 3.66.